The molecule has 0 saturated heterocycles. The standard InChI is InChI=1S/C5H9AsO5/c1-6(11,2-4(7)8)3-5(9)10/h11H,2-3H2,1H3,(H-,7,8,9,10)/p+1. The third kappa shape index (κ3) is 5.88. The Kier molecular flexibility index (Phi) is 3.55. The first-order chi connectivity index (χ1) is 4.83. The maximum absolute atomic E-state index is 10.1. The van der Waals surface area contributed by atoms with Crippen molar-refractivity contribution in [1.29, 1.82) is 0 Å². The van der Waals surface area contributed by atoms with Crippen LogP contribution in [0.4, 0.5) is 0 Å². The molecule has 6 heteroatoms. The molecule has 0 aliphatic carbocycles. The molecule has 0 aromatic rings. The van der Waals surface area contributed by atoms with Gasteiger partial charge in [-0.3, -0.25) is 0 Å². The number of hydrogen-bond donors (Lipinski definition) is 3. The normalized spacial score (nSPS) is 11.1. The quantitative estimate of drug-likeness (QED) is 0.572. The van der Waals surface area contributed by atoms with Crippen molar-refractivity contribution in [2.24, 2.45) is 0 Å². The van der Waals surface area contributed by atoms with Crippen LogP contribution >= 0.6 is 0 Å². The molecule has 0 aromatic heterocycles. The molecule has 0 bridgehead atoms. The van der Waals surface area contributed by atoms with Gasteiger partial charge in [0.1, 0.15) is 0 Å². The van der Waals surface area contributed by atoms with Crippen molar-refractivity contribution in [3.05, 3.63) is 0 Å². The molecule has 64 valence electrons. The summed E-state index contributed by atoms with van der Waals surface area (Å²) in [4.78, 5) is 20.2. The molecule has 0 unspecified atom stereocenters. The van der Waals surface area contributed by atoms with Crippen LogP contribution in [0.2, 0.25) is 16.1 Å². The van der Waals surface area contributed by atoms with Gasteiger partial charge in [-0.25, -0.2) is 0 Å². The van der Waals surface area contributed by atoms with Crippen molar-refractivity contribution >= 4 is 25.8 Å². The van der Waals surface area contributed by atoms with E-state index < -0.39 is 25.8 Å². The monoisotopic (exact) mass is 225 g/mol. The van der Waals surface area contributed by atoms with Crippen LogP contribution in [-0.2, 0) is 9.59 Å². The summed E-state index contributed by atoms with van der Waals surface area (Å²) < 4.78 is 9.27. The SMILES string of the molecule is C[As+](O)(CC(=O)O)CC(=O)O. The van der Waals surface area contributed by atoms with Gasteiger partial charge in [-0.05, 0) is 0 Å². The molecule has 0 aliphatic rings. The fourth-order valence-corrected chi connectivity index (χ4v) is 3.32. The van der Waals surface area contributed by atoms with E-state index in [2.05, 4.69) is 0 Å². The second-order valence-corrected chi connectivity index (χ2v) is 9.39. The number of carboxylic acids is 2. The summed E-state index contributed by atoms with van der Waals surface area (Å²) in [5.41, 5.74) is 1.35. The molecule has 0 fully saturated rings. The molecule has 3 N–H and O–H groups in total. The van der Waals surface area contributed by atoms with Crippen LogP contribution in [0.1, 0.15) is 0 Å². The van der Waals surface area contributed by atoms with Crippen LogP contribution in [0.25, 0.3) is 0 Å². The zero-order valence-electron chi connectivity index (χ0n) is 6.02. The Balaban J connectivity index is 3.99. The van der Waals surface area contributed by atoms with Crippen molar-refractivity contribution < 1.29 is 23.9 Å². The van der Waals surface area contributed by atoms with E-state index in [9.17, 15) is 13.7 Å². The molecule has 0 heterocycles. The average molecular weight is 225 g/mol. The minimum absolute atomic E-state index is 0.384. The number of hydrogen-bond acceptors (Lipinski definition) is 3. The fourth-order valence-electron chi connectivity index (χ4n) is 0.639. The van der Waals surface area contributed by atoms with Gasteiger partial charge in [0.2, 0.25) is 0 Å². The van der Waals surface area contributed by atoms with Crippen LogP contribution in [0.15, 0.2) is 0 Å². The Morgan fingerprint density at radius 2 is 1.45 bits per heavy atom. The van der Waals surface area contributed by atoms with Crippen molar-refractivity contribution in [1.82, 2.24) is 0 Å². The average Bonchev–Trinajstić information content (AvgIpc) is 1.53. The summed E-state index contributed by atoms with van der Waals surface area (Å²) in [5.74, 6) is -2.27. The summed E-state index contributed by atoms with van der Waals surface area (Å²) in [6.45, 7) is 0. The molecule has 0 aliphatic heterocycles. The third-order valence-corrected chi connectivity index (χ3v) is 4.95. The topological polar surface area (TPSA) is 94.8 Å². The predicted octanol–water partition coefficient (Wildman–Crippen LogP) is -0.277. The predicted molar refractivity (Wildman–Crippen MR) is 38.7 cm³/mol. The molecule has 5 nitrogen and oxygen atoms in total. The van der Waals surface area contributed by atoms with E-state index in [1.807, 2.05) is 0 Å². The Morgan fingerprint density at radius 3 is 1.64 bits per heavy atom. The Labute approximate surface area is 66.5 Å². The summed E-state index contributed by atoms with van der Waals surface area (Å²) in [7, 11) is 0. The zero-order valence-corrected chi connectivity index (χ0v) is 7.90. The van der Waals surface area contributed by atoms with Crippen molar-refractivity contribution in [2.75, 3.05) is 0 Å². The Morgan fingerprint density at radius 1 is 1.18 bits per heavy atom. The van der Waals surface area contributed by atoms with Gasteiger partial charge in [0.15, 0.2) is 0 Å². The van der Waals surface area contributed by atoms with E-state index >= 15 is 0 Å². The number of carboxylic acid groups (broad SMARTS) is 2. The van der Waals surface area contributed by atoms with E-state index in [1.54, 1.807) is 0 Å². The number of aliphatic carboxylic acids is 2. The van der Waals surface area contributed by atoms with Gasteiger partial charge in [-0.15, -0.1) is 0 Å². The van der Waals surface area contributed by atoms with Gasteiger partial charge in [-0.1, -0.05) is 0 Å². The van der Waals surface area contributed by atoms with E-state index in [-0.39, 0.29) is 10.4 Å². The fraction of sp³-hybridized carbons (Fsp3) is 0.600. The molecule has 0 spiro atoms. The molecule has 0 amide bonds. The summed E-state index contributed by atoms with van der Waals surface area (Å²) >= 11 is -3.35. The van der Waals surface area contributed by atoms with Crippen LogP contribution < -0.4 is 0 Å². The molecule has 0 atom stereocenters. The van der Waals surface area contributed by atoms with Gasteiger partial charge >= 0.3 is 65.9 Å². The van der Waals surface area contributed by atoms with E-state index in [0.29, 0.717) is 0 Å². The number of carbonyl (C=O) groups is 2. The summed E-state index contributed by atoms with van der Waals surface area (Å²) in [6.07, 6.45) is 0. The third-order valence-electron chi connectivity index (χ3n) is 0.952. The summed E-state index contributed by atoms with van der Waals surface area (Å²) in [6, 6.07) is 0. The molecule has 0 radical (unpaired) electrons. The van der Waals surface area contributed by atoms with Gasteiger partial charge in [0.05, 0.1) is 0 Å². The van der Waals surface area contributed by atoms with Crippen LogP contribution in [0, 0.1) is 0 Å². The molecule has 11 heavy (non-hydrogen) atoms. The van der Waals surface area contributed by atoms with Crippen molar-refractivity contribution in [3.8, 4) is 0 Å². The number of rotatable bonds is 4. The molecular formula is C5H10AsO5+. The van der Waals surface area contributed by atoms with Gasteiger partial charge < -0.3 is 0 Å². The molecule has 0 aromatic carbocycles. The first-order valence-corrected chi connectivity index (χ1v) is 8.21. The van der Waals surface area contributed by atoms with Crippen molar-refractivity contribution in [2.45, 2.75) is 16.1 Å². The second-order valence-electron chi connectivity index (χ2n) is 2.44. The Bertz CT molecular complexity index is 158. The van der Waals surface area contributed by atoms with E-state index in [4.69, 9.17) is 10.2 Å². The maximum atomic E-state index is 10.1. The first-order valence-electron chi connectivity index (χ1n) is 2.84. The van der Waals surface area contributed by atoms with Crippen LogP contribution in [0.3, 0.4) is 0 Å². The minimum atomic E-state index is -3.35. The molecular weight excluding hydrogens is 215 g/mol. The van der Waals surface area contributed by atoms with E-state index in [1.165, 1.54) is 5.71 Å². The first kappa shape index (κ1) is 10.5. The van der Waals surface area contributed by atoms with Gasteiger partial charge in [0.25, 0.3) is 0 Å². The van der Waals surface area contributed by atoms with Crippen molar-refractivity contribution in [3.63, 3.8) is 0 Å². The van der Waals surface area contributed by atoms with Crippen LogP contribution in [0.5, 0.6) is 0 Å². The molecule has 0 rings (SSSR count). The van der Waals surface area contributed by atoms with Crippen LogP contribution in [-0.4, -0.2) is 40.1 Å². The van der Waals surface area contributed by atoms with E-state index in [0.717, 1.165) is 0 Å². The second kappa shape index (κ2) is 3.74. The Hall–Kier alpha value is -0.542. The van der Waals surface area contributed by atoms with Gasteiger partial charge in [0, 0.05) is 0 Å². The zero-order chi connectivity index (χ0) is 9.07. The van der Waals surface area contributed by atoms with Gasteiger partial charge in [-0.2, -0.15) is 0 Å². The molecule has 0 saturated carbocycles. The summed E-state index contributed by atoms with van der Waals surface area (Å²) in [5, 5.41) is 15.7.